The normalized spacial score (nSPS) is 22.6. The zero-order valence-corrected chi connectivity index (χ0v) is 9.58. The molecule has 1 aliphatic rings. The molecule has 0 saturated heterocycles. The lowest BCUT2D eigenvalue weighted by atomic mass is 10.2. The van der Waals surface area contributed by atoms with E-state index in [0.29, 0.717) is 17.6 Å². The number of urea groups is 1. The van der Waals surface area contributed by atoms with E-state index in [9.17, 15) is 4.79 Å². The number of nitrogen functional groups attached to an aromatic ring is 1. The van der Waals surface area contributed by atoms with Crippen molar-refractivity contribution in [2.75, 3.05) is 11.1 Å². The first kappa shape index (κ1) is 10.8. The minimum Gasteiger partial charge on any atom is -0.399 e. The van der Waals surface area contributed by atoms with Gasteiger partial charge in [-0.15, -0.1) is 0 Å². The molecule has 2 amide bonds. The topological polar surface area (TPSA) is 67.1 Å². The number of anilines is 2. The number of carbonyl (C=O) groups excluding carboxylic acids is 1. The molecule has 1 saturated carbocycles. The molecule has 4 nitrogen and oxygen atoms in total. The fourth-order valence-electron chi connectivity index (χ4n) is 1.62. The van der Waals surface area contributed by atoms with Crippen LogP contribution in [0.5, 0.6) is 0 Å². The largest absolute Gasteiger partial charge is 0.399 e. The first-order chi connectivity index (χ1) is 7.56. The smallest absolute Gasteiger partial charge is 0.319 e. The van der Waals surface area contributed by atoms with Crippen molar-refractivity contribution in [3.05, 3.63) is 23.8 Å². The van der Waals surface area contributed by atoms with Crippen molar-refractivity contribution in [2.45, 2.75) is 26.3 Å². The van der Waals surface area contributed by atoms with Gasteiger partial charge in [0.1, 0.15) is 0 Å². The lowest BCUT2D eigenvalue weighted by molar-refractivity contribution is 0.251. The summed E-state index contributed by atoms with van der Waals surface area (Å²) in [6, 6.07) is 5.67. The number of hydrogen-bond acceptors (Lipinski definition) is 2. The zero-order chi connectivity index (χ0) is 11.7. The average molecular weight is 219 g/mol. The molecule has 1 fully saturated rings. The van der Waals surface area contributed by atoms with Gasteiger partial charge in [-0.3, -0.25) is 0 Å². The van der Waals surface area contributed by atoms with Crippen molar-refractivity contribution in [2.24, 2.45) is 5.92 Å². The van der Waals surface area contributed by atoms with Gasteiger partial charge in [-0.25, -0.2) is 4.79 Å². The minimum atomic E-state index is -0.150. The van der Waals surface area contributed by atoms with E-state index in [1.807, 2.05) is 19.1 Å². The average Bonchev–Trinajstić information content (AvgIpc) is 2.88. The van der Waals surface area contributed by atoms with Crippen LogP contribution in [-0.2, 0) is 0 Å². The molecule has 2 atom stereocenters. The molecular formula is C12H17N3O. The molecule has 16 heavy (non-hydrogen) atoms. The van der Waals surface area contributed by atoms with Crippen LogP contribution in [-0.4, -0.2) is 12.1 Å². The van der Waals surface area contributed by atoms with Crippen molar-refractivity contribution in [1.29, 1.82) is 0 Å². The highest BCUT2D eigenvalue weighted by Gasteiger charge is 2.33. The number of hydrogen-bond donors (Lipinski definition) is 3. The van der Waals surface area contributed by atoms with Crippen LogP contribution in [0.1, 0.15) is 18.9 Å². The van der Waals surface area contributed by atoms with Crippen LogP contribution >= 0.6 is 0 Å². The monoisotopic (exact) mass is 219 g/mol. The van der Waals surface area contributed by atoms with E-state index in [0.717, 1.165) is 17.7 Å². The third-order valence-corrected chi connectivity index (χ3v) is 2.94. The van der Waals surface area contributed by atoms with Crippen LogP contribution in [0, 0.1) is 12.8 Å². The maximum absolute atomic E-state index is 11.6. The Bertz CT molecular complexity index is 417. The van der Waals surface area contributed by atoms with Crippen LogP contribution in [0.3, 0.4) is 0 Å². The molecule has 1 aromatic rings. The lowest BCUT2D eigenvalue weighted by Crippen LogP contribution is -2.31. The summed E-state index contributed by atoms with van der Waals surface area (Å²) in [6.45, 7) is 4.06. The minimum absolute atomic E-state index is 0.150. The summed E-state index contributed by atoms with van der Waals surface area (Å²) in [5, 5.41) is 5.72. The van der Waals surface area contributed by atoms with Gasteiger partial charge >= 0.3 is 6.03 Å². The molecular weight excluding hydrogens is 202 g/mol. The summed E-state index contributed by atoms with van der Waals surface area (Å²) in [4.78, 5) is 11.6. The quantitative estimate of drug-likeness (QED) is 0.667. The zero-order valence-electron chi connectivity index (χ0n) is 9.58. The van der Waals surface area contributed by atoms with Crippen LogP contribution < -0.4 is 16.4 Å². The van der Waals surface area contributed by atoms with Gasteiger partial charge in [0.15, 0.2) is 0 Å². The van der Waals surface area contributed by atoms with Gasteiger partial charge in [0.2, 0.25) is 0 Å². The van der Waals surface area contributed by atoms with E-state index in [1.54, 1.807) is 6.07 Å². The van der Waals surface area contributed by atoms with Crippen molar-refractivity contribution < 1.29 is 4.79 Å². The molecule has 0 heterocycles. The van der Waals surface area contributed by atoms with E-state index >= 15 is 0 Å². The highest BCUT2D eigenvalue weighted by atomic mass is 16.2. The Morgan fingerprint density at radius 3 is 2.81 bits per heavy atom. The van der Waals surface area contributed by atoms with E-state index in [1.165, 1.54) is 0 Å². The molecule has 0 aliphatic heterocycles. The second-order valence-electron chi connectivity index (χ2n) is 4.49. The highest BCUT2D eigenvalue weighted by Crippen LogP contribution is 2.29. The number of carbonyl (C=O) groups is 1. The van der Waals surface area contributed by atoms with E-state index in [4.69, 9.17) is 5.73 Å². The molecule has 0 radical (unpaired) electrons. The second kappa shape index (κ2) is 4.04. The molecule has 2 unspecified atom stereocenters. The Balaban J connectivity index is 1.97. The number of rotatable bonds is 2. The Morgan fingerprint density at radius 2 is 2.19 bits per heavy atom. The van der Waals surface area contributed by atoms with Crippen molar-refractivity contribution in [3.63, 3.8) is 0 Å². The summed E-state index contributed by atoms with van der Waals surface area (Å²) in [7, 11) is 0. The fraction of sp³-hybridized carbons (Fsp3) is 0.417. The SMILES string of the molecule is Cc1ccc(N)cc1NC(=O)NC1CC1C. The number of amides is 2. The maximum Gasteiger partial charge on any atom is 0.319 e. The third-order valence-electron chi connectivity index (χ3n) is 2.94. The maximum atomic E-state index is 11.6. The van der Waals surface area contributed by atoms with Crippen molar-refractivity contribution in [3.8, 4) is 0 Å². The molecule has 0 aromatic heterocycles. The molecule has 4 heteroatoms. The van der Waals surface area contributed by atoms with E-state index in [2.05, 4.69) is 17.6 Å². The molecule has 0 bridgehead atoms. The molecule has 86 valence electrons. The molecule has 2 rings (SSSR count). The predicted octanol–water partition coefficient (Wildman–Crippen LogP) is 2.11. The number of benzene rings is 1. The van der Waals surface area contributed by atoms with E-state index < -0.39 is 0 Å². The standard InChI is InChI=1S/C12H17N3O/c1-7-3-4-9(13)6-11(7)15-12(16)14-10-5-8(10)2/h3-4,6,8,10H,5,13H2,1-2H3,(H2,14,15,16). The highest BCUT2D eigenvalue weighted by molar-refractivity contribution is 5.91. The Labute approximate surface area is 95.2 Å². The van der Waals surface area contributed by atoms with Crippen LogP contribution in [0.2, 0.25) is 0 Å². The summed E-state index contributed by atoms with van der Waals surface area (Å²) in [6.07, 6.45) is 1.07. The van der Waals surface area contributed by atoms with Gasteiger partial charge in [0, 0.05) is 17.4 Å². The molecule has 1 aliphatic carbocycles. The first-order valence-corrected chi connectivity index (χ1v) is 5.50. The van der Waals surface area contributed by atoms with Crippen molar-refractivity contribution in [1.82, 2.24) is 5.32 Å². The lowest BCUT2D eigenvalue weighted by Gasteiger charge is -2.10. The Morgan fingerprint density at radius 1 is 1.50 bits per heavy atom. The molecule has 4 N–H and O–H groups in total. The summed E-state index contributed by atoms with van der Waals surface area (Å²) in [5.74, 6) is 0.604. The van der Waals surface area contributed by atoms with E-state index in [-0.39, 0.29) is 6.03 Å². The van der Waals surface area contributed by atoms with Crippen LogP contribution in [0.4, 0.5) is 16.2 Å². The summed E-state index contributed by atoms with van der Waals surface area (Å²) in [5.41, 5.74) is 8.10. The fourth-order valence-corrected chi connectivity index (χ4v) is 1.62. The van der Waals surface area contributed by atoms with Gasteiger partial charge < -0.3 is 16.4 Å². The van der Waals surface area contributed by atoms with Gasteiger partial charge in [-0.1, -0.05) is 13.0 Å². The van der Waals surface area contributed by atoms with Gasteiger partial charge in [0.25, 0.3) is 0 Å². The number of nitrogens with two attached hydrogens (primary N) is 1. The third kappa shape index (κ3) is 2.45. The van der Waals surface area contributed by atoms with Gasteiger partial charge in [-0.2, -0.15) is 0 Å². The summed E-state index contributed by atoms with van der Waals surface area (Å²) < 4.78 is 0. The first-order valence-electron chi connectivity index (χ1n) is 5.50. The second-order valence-corrected chi connectivity index (χ2v) is 4.49. The van der Waals surface area contributed by atoms with Crippen molar-refractivity contribution >= 4 is 17.4 Å². The van der Waals surface area contributed by atoms with Crippen LogP contribution in [0.15, 0.2) is 18.2 Å². The molecule has 1 aromatic carbocycles. The number of nitrogens with one attached hydrogen (secondary N) is 2. The predicted molar refractivity (Wildman–Crippen MR) is 65.3 cm³/mol. The number of aryl methyl sites for hydroxylation is 1. The Kier molecular flexibility index (Phi) is 2.73. The van der Waals surface area contributed by atoms with Crippen LogP contribution in [0.25, 0.3) is 0 Å². The Hall–Kier alpha value is -1.71. The molecule has 0 spiro atoms. The van der Waals surface area contributed by atoms with Gasteiger partial charge in [0.05, 0.1) is 0 Å². The van der Waals surface area contributed by atoms with Gasteiger partial charge in [-0.05, 0) is 37.0 Å². The summed E-state index contributed by atoms with van der Waals surface area (Å²) >= 11 is 0.